The first-order valence-corrected chi connectivity index (χ1v) is 7.98. The molecule has 1 rings (SSSR count). The van der Waals surface area contributed by atoms with Crippen LogP contribution < -0.4 is 0 Å². The van der Waals surface area contributed by atoms with Crippen molar-refractivity contribution in [1.29, 1.82) is 0 Å². The minimum Gasteiger partial charge on any atom is -0.300 e. The van der Waals surface area contributed by atoms with Gasteiger partial charge in [-0.1, -0.05) is 25.9 Å². The summed E-state index contributed by atoms with van der Waals surface area (Å²) in [5, 5.41) is 0. The van der Waals surface area contributed by atoms with Gasteiger partial charge < -0.3 is 4.79 Å². The molecule has 0 amide bonds. The largest absolute Gasteiger partial charge is 0.300 e. The molecule has 18 heavy (non-hydrogen) atoms. The summed E-state index contributed by atoms with van der Waals surface area (Å²) in [6, 6.07) is 0. The third-order valence-corrected chi connectivity index (χ3v) is 4.08. The minimum absolute atomic E-state index is 0.232. The molecule has 0 radical (unpaired) electrons. The third-order valence-electron chi connectivity index (χ3n) is 2.50. The van der Waals surface area contributed by atoms with Gasteiger partial charge in [-0.05, 0) is 32.2 Å². The molecule has 4 heteroatoms. The average molecular weight is 262 g/mol. The van der Waals surface area contributed by atoms with Crippen molar-refractivity contribution in [3.05, 3.63) is 42.3 Å². The quantitative estimate of drug-likeness (QED) is 0.582. The van der Waals surface area contributed by atoms with Crippen LogP contribution in [0, 0.1) is 0 Å². The monoisotopic (exact) mass is 262 g/mol. The van der Waals surface area contributed by atoms with Crippen LogP contribution in [0.2, 0.25) is 0 Å². The molecule has 0 N–H and O–H groups in total. The highest BCUT2D eigenvalue weighted by atomic mass is 31.1. The van der Waals surface area contributed by atoms with E-state index in [9.17, 15) is 4.79 Å². The van der Waals surface area contributed by atoms with E-state index in [1.807, 2.05) is 13.0 Å². The first-order chi connectivity index (χ1) is 8.63. The molecule has 1 aromatic heterocycles. The fraction of sp³-hybridized carbons (Fsp3) is 0.357. The molecule has 0 bridgehead atoms. The summed E-state index contributed by atoms with van der Waals surface area (Å²) in [4.78, 5) is 19.3. The third kappa shape index (κ3) is 5.33. The first-order valence-electron chi connectivity index (χ1n) is 5.94. The molecule has 1 aromatic rings. The molecule has 1 atom stereocenters. The maximum Gasteiger partial charge on any atom is 0.130 e. The number of carbonyl (C=O) groups is 1. The van der Waals surface area contributed by atoms with E-state index >= 15 is 0 Å². The summed E-state index contributed by atoms with van der Waals surface area (Å²) >= 11 is 0. The molecule has 0 saturated carbocycles. The minimum atomic E-state index is -0.232. The Morgan fingerprint density at radius 3 is 2.78 bits per heavy atom. The number of allylic oxidation sites excluding steroid dienone is 3. The standard InChI is InChI=1S/C14H19N2OP/c1-4-13(14-11-15-7-8-16-14)6-10-18(3)9-5-12(2)17/h4,6-8,10-11H,5,9H2,1-3H3/b10-6-,13-4+. The normalized spacial score (nSPS) is 13.8. The highest BCUT2D eigenvalue weighted by Crippen LogP contribution is 2.34. The maximum absolute atomic E-state index is 10.9. The molecule has 0 aliphatic rings. The summed E-state index contributed by atoms with van der Waals surface area (Å²) < 4.78 is 0. The molecule has 96 valence electrons. The molecule has 1 heterocycles. The topological polar surface area (TPSA) is 42.9 Å². The van der Waals surface area contributed by atoms with Crippen molar-refractivity contribution in [2.45, 2.75) is 20.3 Å². The van der Waals surface area contributed by atoms with E-state index < -0.39 is 0 Å². The van der Waals surface area contributed by atoms with Crippen molar-refractivity contribution in [3.8, 4) is 0 Å². The van der Waals surface area contributed by atoms with Gasteiger partial charge in [-0.3, -0.25) is 9.97 Å². The lowest BCUT2D eigenvalue weighted by atomic mass is 10.2. The maximum atomic E-state index is 10.9. The van der Waals surface area contributed by atoms with E-state index in [-0.39, 0.29) is 13.7 Å². The Hall–Kier alpha value is -1.34. The van der Waals surface area contributed by atoms with Crippen LogP contribution in [-0.4, -0.2) is 28.6 Å². The van der Waals surface area contributed by atoms with Crippen molar-refractivity contribution in [2.24, 2.45) is 0 Å². The smallest absolute Gasteiger partial charge is 0.130 e. The second-order valence-corrected chi connectivity index (χ2v) is 6.34. The van der Waals surface area contributed by atoms with E-state index in [1.165, 1.54) is 0 Å². The summed E-state index contributed by atoms with van der Waals surface area (Å²) in [6.07, 6.45) is 10.8. The van der Waals surface area contributed by atoms with E-state index in [0.717, 1.165) is 17.4 Å². The zero-order chi connectivity index (χ0) is 13.4. The molecule has 0 aliphatic carbocycles. The van der Waals surface area contributed by atoms with E-state index in [4.69, 9.17) is 0 Å². The number of ketones is 1. The van der Waals surface area contributed by atoms with Gasteiger partial charge in [0.15, 0.2) is 0 Å². The zero-order valence-electron chi connectivity index (χ0n) is 11.1. The Morgan fingerprint density at radius 1 is 1.44 bits per heavy atom. The zero-order valence-corrected chi connectivity index (χ0v) is 12.0. The van der Waals surface area contributed by atoms with Gasteiger partial charge >= 0.3 is 0 Å². The highest BCUT2D eigenvalue weighted by molar-refractivity contribution is 7.60. The van der Waals surface area contributed by atoms with Gasteiger partial charge in [0.1, 0.15) is 5.78 Å². The molecule has 0 saturated heterocycles. The average Bonchev–Trinajstić information content (AvgIpc) is 2.38. The van der Waals surface area contributed by atoms with Crippen LogP contribution in [-0.2, 0) is 4.79 Å². The summed E-state index contributed by atoms with van der Waals surface area (Å²) in [7, 11) is -0.232. The second-order valence-electron chi connectivity index (χ2n) is 4.08. The predicted molar refractivity (Wildman–Crippen MR) is 77.8 cm³/mol. The number of aromatic nitrogens is 2. The molecule has 0 spiro atoms. The van der Waals surface area contributed by atoms with Crippen molar-refractivity contribution >= 4 is 19.3 Å². The van der Waals surface area contributed by atoms with Crippen molar-refractivity contribution < 1.29 is 4.79 Å². The number of rotatable bonds is 6. The van der Waals surface area contributed by atoms with Crippen LogP contribution in [0.1, 0.15) is 26.0 Å². The van der Waals surface area contributed by atoms with E-state index in [0.29, 0.717) is 6.42 Å². The number of hydrogen-bond donors (Lipinski definition) is 0. The number of carbonyl (C=O) groups excluding carboxylic acids is 1. The molecule has 0 aliphatic heterocycles. The molecule has 0 aromatic carbocycles. The van der Waals surface area contributed by atoms with Crippen molar-refractivity contribution in [1.82, 2.24) is 9.97 Å². The fourth-order valence-corrected chi connectivity index (χ4v) is 2.63. The first kappa shape index (κ1) is 14.7. The van der Waals surface area contributed by atoms with E-state index in [2.05, 4.69) is 28.5 Å². The molecule has 1 unspecified atom stereocenters. The Morgan fingerprint density at radius 2 is 2.22 bits per heavy atom. The van der Waals surface area contributed by atoms with Gasteiger partial charge in [-0.25, -0.2) is 0 Å². The van der Waals surface area contributed by atoms with Gasteiger partial charge in [-0.2, -0.15) is 0 Å². The number of hydrogen-bond acceptors (Lipinski definition) is 3. The van der Waals surface area contributed by atoms with Gasteiger partial charge in [-0.15, -0.1) is 0 Å². The SMILES string of the molecule is C/C=C(\C=C/P(C)CCC(C)=O)c1cnccn1. The second kappa shape index (κ2) is 7.88. The Bertz CT molecular complexity index is 440. The molecular formula is C14H19N2OP. The summed E-state index contributed by atoms with van der Waals surface area (Å²) in [5.74, 6) is 2.44. The lowest BCUT2D eigenvalue weighted by Gasteiger charge is -2.05. The highest BCUT2D eigenvalue weighted by Gasteiger charge is 2.01. The lowest BCUT2D eigenvalue weighted by Crippen LogP contribution is -1.92. The Labute approximate surface area is 110 Å². The van der Waals surface area contributed by atoms with Crippen molar-refractivity contribution in [3.63, 3.8) is 0 Å². The van der Waals surface area contributed by atoms with Crippen LogP contribution >= 0.6 is 7.92 Å². The van der Waals surface area contributed by atoms with Crippen LogP contribution in [0.4, 0.5) is 0 Å². The van der Waals surface area contributed by atoms with Crippen LogP contribution in [0.25, 0.3) is 5.57 Å². The number of Topliss-reactive ketones (excluding diaryl/α,β-unsaturated/α-hetero) is 1. The Balaban J connectivity index is 2.62. The Kier molecular flexibility index (Phi) is 6.45. The van der Waals surface area contributed by atoms with Crippen LogP contribution in [0.3, 0.4) is 0 Å². The van der Waals surface area contributed by atoms with Crippen molar-refractivity contribution in [2.75, 3.05) is 12.8 Å². The number of nitrogens with zero attached hydrogens (tertiary/aromatic N) is 2. The van der Waals surface area contributed by atoms with Crippen LogP contribution in [0.15, 0.2) is 36.6 Å². The van der Waals surface area contributed by atoms with Crippen LogP contribution in [0.5, 0.6) is 0 Å². The van der Waals surface area contributed by atoms with Gasteiger partial charge in [0.05, 0.1) is 11.9 Å². The van der Waals surface area contributed by atoms with Gasteiger partial charge in [0.2, 0.25) is 0 Å². The summed E-state index contributed by atoms with van der Waals surface area (Å²) in [6.45, 7) is 5.81. The fourth-order valence-electron chi connectivity index (χ4n) is 1.39. The molecular weight excluding hydrogens is 243 g/mol. The lowest BCUT2D eigenvalue weighted by molar-refractivity contribution is -0.116. The summed E-state index contributed by atoms with van der Waals surface area (Å²) in [5.41, 5.74) is 1.95. The van der Waals surface area contributed by atoms with E-state index in [1.54, 1.807) is 25.5 Å². The molecule has 0 fully saturated rings. The van der Waals surface area contributed by atoms with Gasteiger partial charge in [0.25, 0.3) is 0 Å². The molecule has 3 nitrogen and oxygen atoms in total. The van der Waals surface area contributed by atoms with Gasteiger partial charge in [0, 0.05) is 18.8 Å². The predicted octanol–water partition coefficient (Wildman–Crippen LogP) is 3.48.